The van der Waals surface area contributed by atoms with E-state index in [1.54, 1.807) is 6.20 Å². The van der Waals surface area contributed by atoms with Crippen LogP contribution in [0.15, 0.2) is 60.8 Å². The molecule has 0 amide bonds. The number of ether oxygens (including phenoxy) is 1. The monoisotopic (exact) mass is 307 g/mol. The summed E-state index contributed by atoms with van der Waals surface area (Å²) >= 11 is 0. The highest BCUT2D eigenvalue weighted by molar-refractivity contribution is 5.59. The predicted octanol–water partition coefficient (Wildman–Crippen LogP) is 3.76. The Morgan fingerprint density at radius 3 is 2.39 bits per heavy atom. The van der Waals surface area contributed by atoms with Gasteiger partial charge in [0.15, 0.2) is 5.82 Å². The Morgan fingerprint density at radius 2 is 1.65 bits per heavy atom. The molecule has 0 aliphatic carbocycles. The van der Waals surface area contributed by atoms with Crippen molar-refractivity contribution < 1.29 is 4.74 Å². The molecule has 116 valence electrons. The standard InChI is InChI=1S/C17H17N5O/c1-2-23-15-10-8-14(9-11-15)19-16-12-18-22-17(21-16)20-13-6-4-3-5-7-13/h3-12H,2H2,1H3,(H2,19,20,21,22). The van der Waals surface area contributed by atoms with E-state index in [9.17, 15) is 0 Å². The van der Waals surface area contributed by atoms with Gasteiger partial charge in [-0.1, -0.05) is 18.2 Å². The number of para-hydroxylation sites is 1. The molecule has 2 aromatic carbocycles. The fraction of sp³-hybridized carbons (Fsp3) is 0.118. The van der Waals surface area contributed by atoms with Crippen LogP contribution in [0.4, 0.5) is 23.1 Å². The average Bonchev–Trinajstić information content (AvgIpc) is 2.58. The molecule has 0 unspecified atom stereocenters. The molecule has 0 aliphatic heterocycles. The Bertz CT molecular complexity index is 746. The molecular weight excluding hydrogens is 290 g/mol. The summed E-state index contributed by atoms with van der Waals surface area (Å²) < 4.78 is 5.42. The highest BCUT2D eigenvalue weighted by Crippen LogP contribution is 2.19. The zero-order valence-electron chi connectivity index (χ0n) is 12.7. The lowest BCUT2D eigenvalue weighted by Gasteiger charge is -2.08. The lowest BCUT2D eigenvalue weighted by molar-refractivity contribution is 0.340. The van der Waals surface area contributed by atoms with Crippen molar-refractivity contribution in [3.05, 3.63) is 60.8 Å². The van der Waals surface area contributed by atoms with Crippen molar-refractivity contribution >= 4 is 23.1 Å². The van der Waals surface area contributed by atoms with E-state index in [2.05, 4.69) is 25.8 Å². The van der Waals surface area contributed by atoms with Crippen LogP contribution >= 0.6 is 0 Å². The summed E-state index contributed by atoms with van der Waals surface area (Å²) in [6, 6.07) is 17.4. The molecule has 6 nitrogen and oxygen atoms in total. The first-order valence-corrected chi connectivity index (χ1v) is 7.35. The topological polar surface area (TPSA) is 72.0 Å². The van der Waals surface area contributed by atoms with Crippen LogP contribution in [0, 0.1) is 0 Å². The van der Waals surface area contributed by atoms with Gasteiger partial charge >= 0.3 is 0 Å². The number of nitrogens with one attached hydrogen (secondary N) is 2. The van der Waals surface area contributed by atoms with Gasteiger partial charge in [0.1, 0.15) is 5.75 Å². The maximum atomic E-state index is 5.42. The van der Waals surface area contributed by atoms with E-state index in [1.165, 1.54) is 0 Å². The Kier molecular flexibility index (Phi) is 4.63. The van der Waals surface area contributed by atoms with Crippen LogP contribution in [0.25, 0.3) is 0 Å². The summed E-state index contributed by atoms with van der Waals surface area (Å²) in [5.74, 6) is 1.89. The van der Waals surface area contributed by atoms with Crippen molar-refractivity contribution in [3.8, 4) is 5.75 Å². The van der Waals surface area contributed by atoms with Gasteiger partial charge in [0.25, 0.3) is 0 Å². The minimum absolute atomic E-state index is 0.437. The number of hydrogen-bond acceptors (Lipinski definition) is 6. The van der Waals surface area contributed by atoms with Gasteiger partial charge in [0, 0.05) is 11.4 Å². The highest BCUT2D eigenvalue weighted by atomic mass is 16.5. The zero-order valence-corrected chi connectivity index (χ0v) is 12.7. The van der Waals surface area contributed by atoms with Crippen molar-refractivity contribution in [2.75, 3.05) is 17.2 Å². The maximum Gasteiger partial charge on any atom is 0.249 e. The molecule has 0 bridgehead atoms. The summed E-state index contributed by atoms with van der Waals surface area (Å²) in [5.41, 5.74) is 1.81. The van der Waals surface area contributed by atoms with E-state index in [1.807, 2.05) is 61.5 Å². The first-order valence-electron chi connectivity index (χ1n) is 7.35. The van der Waals surface area contributed by atoms with Crippen LogP contribution in [0.3, 0.4) is 0 Å². The number of hydrogen-bond donors (Lipinski definition) is 2. The first-order chi connectivity index (χ1) is 11.3. The molecule has 6 heteroatoms. The summed E-state index contributed by atoms with van der Waals surface area (Å²) in [6.45, 7) is 2.61. The molecule has 3 rings (SSSR count). The molecule has 23 heavy (non-hydrogen) atoms. The summed E-state index contributed by atoms with van der Waals surface area (Å²) in [6.07, 6.45) is 1.58. The number of rotatable bonds is 6. The molecule has 2 N–H and O–H groups in total. The van der Waals surface area contributed by atoms with Crippen LogP contribution in [0.2, 0.25) is 0 Å². The molecule has 1 aromatic heterocycles. The third-order valence-electron chi connectivity index (χ3n) is 3.03. The van der Waals surface area contributed by atoms with Gasteiger partial charge in [0.2, 0.25) is 5.95 Å². The number of nitrogens with zero attached hydrogens (tertiary/aromatic N) is 3. The van der Waals surface area contributed by atoms with Crippen molar-refractivity contribution in [1.29, 1.82) is 0 Å². The normalized spacial score (nSPS) is 10.1. The number of anilines is 4. The molecule has 0 spiro atoms. The fourth-order valence-corrected chi connectivity index (χ4v) is 2.02. The van der Waals surface area contributed by atoms with Gasteiger partial charge in [-0.2, -0.15) is 10.1 Å². The van der Waals surface area contributed by atoms with E-state index >= 15 is 0 Å². The second kappa shape index (κ2) is 7.22. The largest absolute Gasteiger partial charge is 0.494 e. The number of aromatic nitrogens is 3. The molecule has 0 aliphatic rings. The van der Waals surface area contributed by atoms with Crippen molar-refractivity contribution in [2.24, 2.45) is 0 Å². The van der Waals surface area contributed by atoms with Crippen LogP contribution in [0.5, 0.6) is 5.75 Å². The summed E-state index contributed by atoms with van der Waals surface area (Å²) in [5, 5.41) is 14.2. The van der Waals surface area contributed by atoms with E-state index in [4.69, 9.17) is 4.74 Å². The molecule has 0 saturated carbocycles. The first kappa shape index (κ1) is 14.8. The highest BCUT2D eigenvalue weighted by Gasteiger charge is 2.02. The van der Waals surface area contributed by atoms with E-state index in [0.29, 0.717) is 18.4 Å². The minimum Gasteiger partial charge on any atom is -0.494 e. The van der Waals surface area contributed by atoms with Gasteiger partial charge < -0.3 is 15.4 Å². The Labute approximate surface area is 134 Å². The Morgan fingerprint density at radius 1 is 0.913 bits per heavy atom. The fourth-order valence-electron chi connectivity index (χ4n) is 2.02. The molecule has 1 heterocycles. The number of benzene rings is 2. The van der Waals surface area contributed by atoms with Gasteiger partial charge in [-0.15, -0.1) is 5.10 Å². The average molecular weight is 307 g/mol. The van der Waals surface area contributed by atoms with Gasteiger partial charge in [-0.05, 0) is 43.3 Å². The van der Waals surface area contributed by atoms with Crippen molar-refractivity contribution in [2.45, 2.75) is 6.92 Å². The SMILES string of the molecule is CCOc1ccc(Nc2cnnc(Nc3ccccc3)n2)cc1. The molecule has 0 fully saturated rings. The van der Waals surface area contributed by atoms with Gasteiger partial charge in [-0.25, -0.2) is 0 Å². The second-order valence-electron chi connectivity index (χ2n) is 4.74. The zero-order chi connectivity index (χ0) is 15.9. The molecule has 0 atom stereocenters. The van der Waals surface area contributed by atoms with Crippen LogP contribution in [-0.2, 0) is 0 Å². The van der Waals surface area contributed by atoms with E-state index < -0.39 is 0 Å². The van der Waals surface area contributed by atoms with Crippen LogP contribution in [0.1, 0.15) is 6.92 Å². The van der Waals surface area contributed by atoms with E-state index in [0.717, 1.165) is 17.1 Å². The minimum atomic E-state index is 0.437. The quantitative estimate of drug-likeness (QED) is 0.722. The molecule has 0 saturated heterocycles. The third kappa shape index (κ3) is 4.16. The smallest absolute Gasteiger partial charge is 0.249 e. The predicted molar refractivity (Wildman–Crippen MR) is 90.4 cm³/mol. The Balaban J connectivity index is 1.69. The maximum absolute atomic E-state index is 5.42. The third-order valence-corrected chi connectivity index (χ3v) is 3.03. The Hall–Kier alpha value is -3.15. The van der Waals surface area contributed by atoms with E-state index in [-0.39, 0.29) is 0 Å². The van der Waals surface area contributed by atoms with Gasteiger partial charge in [-0.3, -0.25) is 0 Å². The van der Waals surface area contributed by atoms with Crippen molar-refractivity contribution in [1.82, 2.24) is 15.2 Å². The molecular formula is C17H17N5O. The summed E-state index contributed by atoms with van der Waals surface area (Å²) in [7, 11) is 0. The van der Waals surface area contributed by atoms with Gasteiger partial charge in [0.05, 0.1) is 12.8 Å². The van der Waals surface area contributed by atoms with Crippen molar-refractivity contribution in [3.63, 3.8) is 0 Å². The lowest BCUT2D eigenvalue weighted by Crippen LogP contribution is -2.02. The second-order valence-corrected chi connectivity index (χ2v) is 4.74. The summed E-state index contributed by atoms with van der Waals surface area (Å²) in [4.78, 5) is 4.39. The molecule has 0 radical (unpaired) electrons. The molecule has 3 aromatic rings. The van der Waals surface area contributed by atoms with Crippen LogP contribution < -0.4 is 15.4 Å². The lowest BCUT2D eigenvalue weighted by atomic mass is 10.3. The van der Waals surface area contributed by atoms with Crippen LogP contribution in [-0.4, -0.2) is 21.8 Å².